The fraction of sp³-hybridized carbons (Fsp3) is 0. The standard InChI is InChI=1S/C18H11ClN4O3S/c19-11-5-7-13(15(9-11)23(24)25)16-8-6-12(26-16)10-20-22-18-21-14-3-1-2-4-17(14)27-18/h1-10H,(H,21,22). The van der Waals surface area contributed by atoms with Crippen LogP contribution in [0.5, 0.6) is 0 Å². The number of aromatic nitrogens is 1. The highest BCUT2D eigenvalue weighted by atomic mass is 35.5. The molecule has 0 aliphatic carbocycles. The Morgan fingerprint density at radius 2 is 2.07 bits per heavy atom. The van der Waals surface area contributed by atoms with Crippen LogP contribution >= 0.6 is 22.9 Å². The Morgan fingerprint density at radius 1 is 1.22 bits per heavy atom. The predicted octanol–water partition coefficient (Wildman–Crippen LogP) is 5.56. The lowest BCUT2D eigenvalue weighted by molar-refractivity contribution is -0.384. The Morgan fingerprint density at radius 3 is 2.89 bits per heavy atom. The highest BCUT2D eigenvalue weighted by molar-refractivity contribution is 7.22. The summed E-state index contributed by atoms with van der Waals surface area (Å²) in [5, 5.41) is 16.3. The van der Waals surface area contributed by atoms with Gasteiger partial charge in [0.2, 0.25) is 5.13 Å². The number of hydrazone groups is 1. The normalized spacial score (nSPS) is 11.3. The molecule has 9 heteroatoms. The molecule has 134 valence electrons. The molecule has 0 aliphatic rings. The van der Waals surface area contributed by atoms with Crippen LogP contribution in [-0.4, -0.2) is 16.1 Å². The molecule has 0 saturated carbocycles. The van der Waals surface area contributed by atoms with Gasteiger partial charge in [0.25, 0.3) is 5.69 Å². The number of fused-ring (bicyclic) bond motifs is 1. The summed E-state index contributed by atoms with van der Waals surface area (Å²) >= 11 is 7.33. The molecule has 0 saturated heterocycles. The number of benzene rings is 2. The number of nitrogens with one attached hydrogen (secondary N) is 1. The molecule has 0 bridgehead atoms. The topological polar surface area (TPSA) is 93.6 Å². The molecule has 2 heterocycles. The van der Waals surface area contributed by atoms with E-state index in [0.717, 1.165) is 10.2 Å². The van der Waals surface area contributed by atoms with Crippen LogP contribution in [0.4, 0.5) is 10.8 Å². The van der Waals surface area contributed by atoms with E-state index in [2.05, 4.69) is 15.5 Å². The summed E-state index contributed by atoms with van der Waals surface area (Å²) in [6.45, 7) is 0. The predicted molar refractivity (Wildman–Crippen MR) is 107 cm³/mol. The monoisotopic (exact) mass is 398 g/mol. The molecular weight excluding hydrogens is 388 g/mol. The third kappa shape index (κ3) is 3.67. The van der Waals surface area contributed by atoms with Gasteiger partial charge in [-0.25, -0.2) is 4.98 Å². The molecular formula is C18H11ClN4O3S. The molecule has 0 atom stereocenters. The van der Waals surface area contributed by atoms with Gasteiger partial charge in [-0.3, -0.25) is 15.5 Å². The molecule has 27 heavy (non-hydrogen) atoms. The van der Waals surface area contributed by atoms with Crippen molar-refractivity contribution in [2.24, 2.45) is 5.10 Å². The van der Waals surface area contributed by atoms with Gasteiger partial charge in [0, 0.05) is 11.1 Å². The largest absolute Gasteiger partial charge is 0.455 e. The Balaban J connectivity index is 1.53. The molecule has 4 aromatic rings. The molecule has 2 aromatic carbocycles. The van der Waals surface area contributed by atoms with E-state index in [-0.39, 0.29) is 5.69 Å². The van der Waals surface area contributed by atoms with Crippen LogP contribution in [0.1, 0.15) is 5.76 Å². The molecule has 0 unspecified atom stereocenters. The molecule has 0 fully saturated rings. The lowest BCUT2D eigenvalue weighted by atomic mass is 10.1. The summed E-state index contributed by atoms with van der Waals surface area (Å²) < 4.78 is 6.70. The molecule has 0 aliphatic heterocycles. The molecule has 0 radical (unpaired) electrons. The van der Waals surface area contributed by atoms with E-state index in [1.165, 1.54) is 23.6 Å². The van der Waals surface area contributed by atoms with E-state index in [1.54, 1.807) is 24.3 Å². The maximum Gasteiger partial charge on any atom is 0.281 e. The summed E-state index contributed by atoms with van der Waals surface area (Å²) in [5.41, 5.74) is 3.99. The van der Waals surface area contributed by atoms with Gasteiger partial charge >= 0.3 is 0 Å². The van der Waals surface area contributed by atoms with Crippen LogP contribution in [0, 0.1) is 10.1 Å². The van der Waals surface area contributed by atoms with Crippen molar-refractivity contribution < 1.29 is 9.34 Å². The van der Waals surface area contributed by atoms with Crippen molar-refractivity contribution in [2.45, 2.75) is 0 Å². The van der Waals surface area contributed by atoms with Gasteiger partial charge in [0.15, 0.2) is 0 Å². The number of nitro groups is 1. The number of hydrogen-bond acceptors (Lipinski definition) is 7. The zero-order chi connectivity index (χ0) is 18.8. The van der Waals surface area contributed by atoms with Crippen molar-refractivity contribution in [3.8, 4) is 11.3 Å². The number of nitro benzene ring substituents is 1. The second kappa shape index (κ2) is 7.18. The second-order valence-corrected chi connectivity index (χ2v) is 6.94. The first-order valence-electron chi connectivity index (χ1n) is 7.79. The van der Waals surface area contributed by atoms with Crippen molar-refractivity contribution >= 4 is 50.2 Å². The zero-order valence-corrected chi connectivity index (χ0v) is 15.2. The number of para-hydroxylation sites is 1. The van der Waals surface area contributed by atoms with Crippen LogP contribution in [0.25, 0.3) is 21.5 Å². The number of hydrogen-bond donors (Lipinski definition) is 1. The van der Waals surface area contributed by atoms with Gasteiger partial charge in [-0.05, 0) is 36.4 Å². The summed E-state index contributed by atoms with van der Waals surface area (Å²) in [7, 11) is 0. The highest BCUT2D eigenvalue weighted by Crippen LogP contribution is 2.33. The minimum atomic E-state index is -0.494. The Hall–Kier alpha value is -3.23. The summed E-state index contributed by atoms with van der Waals surface area (Å²) in [4.78, 5) is 15.1. The second-order valence-electron chi connectivity index (χ2n) is 5.48. The number of nitrogens with zero attached hydrogens (tertiary/aromatic N) is 3. The van der Waals surface area contributed by atoms with Crippen molar-refractivity contribution in [3.05, 3.63) is 75.5 Å². The van der Waals surface area contributed by atoms with E-state index in [1.807, 2.05) is 24.3 Å². The summed E-state index contributed by atoms with van der Waals surface area (Å²) in [6.07, 6.45) is 1.48. The maximum atomic E-state index is 11.2. The molecule has 7 nitrogen and oxygen atoms in total. The van der Waals surface area contributed by atoms with Gasteiger partial charge in [-0.1, -0.05) is 35.1 Å². The van der Waals surface area contributed by atoms with Crippen molar-refractivity contribution in [3.63, 3.8) is 0 Å². The lowest BCUT2D eigenvalue weighted by Crippen LogP contribution is -1.91. The third-order valence-electron chi connectivity index (χ3n) is 3.69. The number of anilines is 1. The minimum absolute atomic E-state index is 0.118. The average Bonchev–Trinajstić information content (AvgIpc) is 3.28. The molecule has 1 N–H and O–H groups in total. The molecule has 4 rings (SSSR count). The SMILES string of the molecule is O=[N+]([O-])c1cc(Cl)ccc1-c1ccc(C=NNc2nc3ccccc3s2)o1. The van der Waals surface area contributed by atoms with Gasteiger partial charge < -0.3 is 4.42 Å². The van der Waals surface area contributed by atoms with Gasteiger partial charge in [0.05, 0.1) is 26.9 Å². The zero-order valence-electron chi connectivity index (χ0n) is 13.6. The van der Waals surface area contributed by atoms with Crippen molar-refractivity contribution in [1.29, 1.82) is 0 Å². The number of halogens is 1. The Kier molecular flexibility index (Phi) is 4.57. The first-order chi connectivity index (χ1) is 13.1. The number of rotatable bonds is 5. The van der Waals surface area contributed by atoms with Crippen LogP contribution in [0.2, 0.25) is 5.02 Å². The Bertz CT molecular complexity index is 1140. The van der Waals surface area contributed by atoms with E-state index in [4.69, 9.17) is 16.0 Å². The maximum absolute atomic E-state index is 11.2. The van der Waals surface area contributed by atoms with Crippen molar-refractivity contribution in [2.75, 3.05) is 5.43 Å². The van der Waals surface area contributed by atoms with Crippen LogP contribution in [-0.2, 0) is 0 Å². The molecule has 2 aromatic heterocycles. The van der Waals surface area contributed by atoms with Gasteiger partial charge in [-0.15, -0.1) is 0 Å². The minimum Gasteiger partial charge on any atom is -0.455 e. The molecule has 0 spiro atoms. The van der Waals surface area contributed by atoms with Crippen LogP contribution in [0.15, 0.2) is 64.1 Å². The van der Waals surface area contributed by atoms with E-state index < -0.39 is 4.92 Å². The Labute approximate surface area is 162 Å². The summed E-state index contributed by atoms with van der Waals surface area (Å²) in [6, 6.07) is 15.5. The smallest absolute Gasteiger partial charge is 0.281 e. The van der Waals surface area contributed by atoms with Gasteiger partial charge in [0.1, 0.15) is 11.5 Å². The van der Waals surface area contributed by atoms with E-state index in [9.17, 15) is 10.1 Å². The summed E-state index contributed by atoms with van der Waals surface area (Å²) in [5.74, 6) is 0.808. The fourth-order valence-electron chi connectivity index (χ4n) is 2.50. The lowest BCUT2D eigenvalue weighted by Gasteiger charge is -2.00. The average molecular weight is 399 g/mol. The highest BCUT2D eigenvalue weighted by Gasteiger charge is 2.18. The van der Waals surface area contributed by atoms with Crippen LogP contribution in [0.3, 0.4) is 0 Å². The first-order valence-corrected chi connectivity index (χ1v) is 8.98. The number of furan rings is 1. The van der Waals surface area contributed by atoms with E-state index in [0.29, 0.717) is 27.2 Å². The van der Waals surface area contributed by atoms with E-state index >= 15 is 0 Å². The quantitative estimate of drug-likeness (QED) is 0.269. The van der Waals surface area contributed by atoms with Crippen molar-refractivity contribution in [1.82, 2.24) is 4.98 Å². The van der Waals surface area contributed by atoms with Gasteiger partial charge in [-0.2, -0.15) is 5.10 Å². The fourth-order valence-corrected chi connectivity index (χ4v) is 3.48. The first kappa shape index (κ1) is 17.2. The van der Waals surface area contributed by atoms with Crippen LogP contribution < -0.4 is 5.43 Å². The third-order valence-corrected chi connectivity index (χ3v) is 4.87. The number of thiazole rings is 1. The molecule has 0 amide bonds.